The van der Waals surface area contributed by atoms with Crippen molar-refractivity contribution in [3.63, 3.8) is 0 Å². The van der Waals surface area contributed by atoms with Gasteiger partial charge in [0.05, 0.1) is 12.7 Å². The number of imidazole rings is 1. The van der Waals surface area contributed by atoms with E-state index in [-0.39, 0.29) is 0 Å². The minimum Gasteiger partial charge on any atom is -0.465 e. The van der Waals surface area contributed by atoms with Crippen LogP contribution in [-0.4, -0.2) is 48.2 Å². The number of hydrogen-bond acceptors (Lipinski definition) is 7. The summed E-state index contributed by atoms with van der Waals surface area (Å²) in [5.74, 6) is 1.10. The monoisotopic (exact) mass is 493 g/mol. The number of carbonyl (C=O) groups excluding carboxylic acids is 1. The lowest BCUT2D eigenvalue weighted by Crippen LogP contribution is -2.04. The maximum Gasteiger partial charge on any atom is 0.340 e. The number of methoxy groups -OCH3 is 1. The lowest BCUT2D eigenvalue weighted by molar-refractivity contribution is 0.0601. The summed E-state index contributed by atoms with van der Waals surface area (Å²) < 4.78 is 7.09. The van der Waals surface area contributed by atoms with Gasteiger partial charge >= 0.3 is 5.97 Å². The highest BCUT2D eigenvalue weighted by Gasteiger charge is 2.18. The first kappa shape index (κ1) is 24.1. The lowest BCUT2D eigenvalue weighted by atomic mass is 9.98. The van der Waals surface area contributed by atoms with E-state index in [2.05, 4.69) is 67.4 Å². The smallest absolute Gasteiger partial charge is 0.340 e. The van der Waals surface area contributed by atoms with Crippen LogP contribution in [0, 0.1) is 0 Å². The fraction of sp³-hybridized carbons (Fsp3) is 0.214. The molecular weight excluding hydrogens is 466 g/mol. The molecule has 0 saturated carbocycles. The van der Waals surface area contributed by atoms with E-state index in [9.17, 15) is 4.79 Å². The van der Waals surface area contributed by atoms with E-state index >= 15 is 0 Å². The molecule has 0 saturated heterocycles. The second kappa shape index (κ2) is 10.9. The van der Waals surface area contributed by atoms with Crippen molar-refractivity contribution in [2.75, 3.05) is 7.11 Å². The minimum absolute atomic E-state index is 0.404. The Kier molecular flexibility index (Phi) is 7.12. The number of benzene rings is 2. The predicted molar refractivity (Wildman–Crippen MR) is 140 cm³/mol. The van der Waals surface area contributed by atoms with Gasteiger partial charge in [-0.3, -0.25) is 4.98 Å². The maximum absolute atomic E-state index is 12.3. The van der Waals surface area contributed by atoms with E-state index in [0.29, 0.717) is 29.3 Å². The van der Waals surface area contributed by atoms with Gasteiger partial charge in [-0.2, -0.15) is 5.21 Å². The van der Waals surface area contributed by atoms with Crippen LogP contribution in [0.2, 0.25) is 0 Å². The molecule has 0 unspecified atom stereocenters. The maximum atomic E-state index is 12.3. The van der Waals surface area contributed by atoms with Gasteiger partial charge in [0.25, 0.3) is 0 Å². The summed E-state index contributed by atoms with van der Waals surface area (Å²) in [6, 6.07) is 19.9. The van der Waals surface area contributed by atoms with Gasteiger partial charge in [0.15, 0.2) is 0 Å². The average molecular weight is 494 g/mol. The van der Waals surface area contributed by atoms with Crippen LogP contribution in [0.1, 0.15) is 41.5 Å². The zero-order valence-corrected chi connectivity index (χ0v) is 20.8. The molecule has 0 aliphatic heterocycles. The molecule has 0 spiro atoms. The molecule has 3 aromatic heterocycles. The Morgan fingerprint density at radius 2 is 1.84 bits per heavy atom. The summed E-state index contributed by atoms with van der Waals surface area (Å²) in [5, 5.41) is 14.5. The normalized spacial score (nSPS) is 11.0. The van der Waals surface area contributed by atoms with E-state index in [0.717, 1.165) is 47.3 Å². The number of carbonyl (C=O) groups is 1. The van der Waals surface area contributed by atoms with Crippen molar-refractivity contribution < 1.29 is 9.53 Å². The molecule has 0 amide bonds. The number of aromatic nitrogens is 7. The van der Waals surface area contributed by atoms with Crippen molar-refractivity contribution in [1.82, 2.24) is 35.2 Å². The van der Waals surface area contributed by atoms with Crippen LogP contribution in [0.15, 0.2) is 73.1 Å². The fourth-order valence-electron chi connectivity index (χ4n) is 4.32. The molecule has 0 aliphatic rings. The summed E-state index contributed by atoms with van der Waals surface area (Å²) in [4.78, 5) is 21.6. The Morgan fingerprint density at radius 3 is 2.57 bits per heavy atom. The van der Waals surface area contributed by atoms with E-state index in [1.165, 1.54) is 7.11 Å². The first-order valence-electron chi connectivity index (χ1n) is 12.2. The second-order valence-corrected chi connectivity index (χ2v) is 8.64. The third-order valence-corrected chi connectivity index (χ3v) is 6.20. The highest BCUT2D eigenvalue weighted by molar-refractivity contribution is 5.95. The number of nitrogens with zero attached hydrogens (tertiary/aromatic N) is 6. The standard InChI is InChI=1S/C28H27N7O2/c1-3-4-11-25-30-24(26-23(28(36)37-2)10-7-16-29-26)18-35(25)17-19-12-14-20(15-13-19)21-8-5-6-9-22(21)27-31-33-34-32-27/h5-10,12-16,18H,3-4,11,17H2,1-2H3,(H,31,32,33,34). The number of aryl methyl sites for hydroxylation is 1. The lowest BCUT2D eigenvalue weighted by Gasteiger charge is -2.10. The Balaban J connectivity index is 1.45. The van der Waals surface area contributed by atoms with Crippen LogP contribution in [0.5, 0.6) is 0 Å². The Morgan fingerprint density at radius 1 is 1.03 bits per heavy atom. The topological polar surface area (TPSA) is 111 Å². The second-order valence-electron chi connectivity index (χ2n) is 8.64. The van der Waals surface area contributed by atoms with Crippen molar-refractivity contribution in [2.45, 2.75) is 32.7 Å². The van der Waals surface area contributed by atoms with Gasteiger partial charge in [-0.1, -0.05) is 61.9 Å². The van der Waals surface area contributed by atoms with Gasteiger partial charge < -0.3 is 9.30 Å². The van der Waals surface area contributed by atoms with E-state index in [1.807, 2.05) is 24.4 Å². The number of unbranched alkanes of at least 4 members (excludes halogenated alkanes) is 1. The molecule has 0 bridgehead atoms. The van der Waals surface area contributed by atoms with Crippen LogP contribution in [-0.2, 0) is 17.7 Å². The van der Waals surface area contributed by atoms with Crippen molar-refractivity contribution >= 4 is 5.97 Å². The molecule has 1 N–H and O–H groups in total. The molecule has 3 heterocycles. The molecule has 186 valence electrons. The SMILES string of the molecule is CCCCc1nc(-c2ncccc2C(=O)OC)cn1Cc1ccc(-c2ccccc2-c2nn[nH]n2)cc1. The van der Waals surface area contributed by atoms with E-state index < -0.39 is 5.97 Å². The van der Waals surface area contributed by atoms with Gasteiger partial charge in [-0.15, -0.1) is 10.2 Å². The van der Waals surface area contributed by atoms with Crippen molar-refractivity contribution in [3.05, 3.63) is 90.0 Å². The third kappa shape index (κ3) is 5.16. The predicted octanol–water partition coefficient (Wildman–Crippen LogP) is 4.97. The van der Waals surface area contributed by atoms with Gasteiger partial charge in [0, 0.05) is 30.9 Å². The quantitative estimate of drug-likeness (QED) is 0.289. The van der Waals surface area contributed by atoms with E-state index in [1.54, 1.807) is 18.3 Å². The van der Waals surface area contributed by atoms with Crippen molar-refractivity contribution in [2.24, 2.45) is 0 Å². The molecule has 0 radical (unpaired) electrons. The van der Waals surface area contributed by atoms with Gasteiger partial charge in [0.1, 0.15) is 17.2 Å². The van der Waals surface area contributed by atoms with Crippen LogP contribution < -0.4 is 0 Å². The number of esters is 1. The molecule has 0 aliphatic carbocycles. The summed E-state index contributed by atoms with van der Waals surface area (Å²) in [6.45, 7) is 2.81. The van der Waals surface area contributed by atoms with Crippen LogP contribution in [0.4, 0.5) is 0 Å². The molecule has 2 aromatic carbocycles. The Labute approximate surface area is 214 Å². The summed E-state index contributed by atoms with van der Waals surface area (Å²) in [5.41, 5.74) is 5.75. The van der Waals surface area contributed by atoms with Gasteiger partial charge in [0.2, 0.25) is 5.82 Å². The molecule has 5 rings (SSSR count). The number of hydrogen-bond donors (Lipinski definition) is 1. The third-order valence-electron chi connectivity index (χ3n) is 6.20. The summed E-state index contributed by atoms with van der Waals surface area (Å²) >= 11 is 0. The number of aromatic amines is 1. The summed E-state index contributed by atoms with van der Waals surface area (Å²) in [7, 11) is 1.37. The number of ether oxygens (including phenoxy) is 1. The fourth-order valence-corrected chi connectivity index (χ4v) is 4.32. The first-order valence-corrected chi connectivity index (χ1v) is 12.2. The number of rotatable bonds is 9. The van der Waals surface area contributed by atoms with E-state index in [4.69, 9.17) is 9.72 Å². The summed E-state index contributed by atoms with van der Waals surface area (Å²) in [6.07, 6.45) is 6.56. The van der Waals surface area contributed by atoms with Crippen LogP contribution >= 0.6 is 0 Å². The molecular formula is C28H27N7O2. The molecule has 0 atom stereocenters. The number of pyridine rings is 1. The molecule has 9 nitrogen and oxygen atoms in total. The average Bonchev–Trinajstić information content (AvgIpc) is 3.62. The van der Waals surface area contributed by atoms with Crippen molar-refractivity contribution in [1.29, 1.82) is 0 Å². The zero-order valence-electron chi connectivity index (χ0n) is 20.8. The highest BCUT2D eigenvalue weighted by Crippen LogP contribution is 2.30. The number of H-pyrrole nitrogens is 1. The minimum atomic E-state index is -0.426. The van der Waals surface area contributed by atoms with Crippen LogP contribution in [0.3, 0.4) is 0 Å². The zero-order chi connectivity index (χ0) is 25.6. The Hall–Kier alpha value is -4.66. The molecule has 0 fully saturated rings. The van der Waals surface area contributed by atoms with Crippen molar-refractivity contribution in [3.8, 4) is 33.9 Å². The highest BCUT2D eigenvalue weighted by atomic mass is 16.5. The number of nitrogens with one attached hydrogen (secondary N) is 1. The van der Waals surface area contributed by atoms with Crippen LogP contribution in [0.25, 0.3) is 33.9 Å². The largest absolute Gasteiger partial charge is 0.465 e. The van der Waals surface area contributed by atoms with Gasteiger partial charge in [-0.25, -0.2) is 9.78 Å². The molecule has 5 aromatic rings. The first-order chi connectivity index (χ1) is 18.2. The molecule has 37 heavy (non-hydrogen) atoms. The van der Waals surface area contributed by atoms with Gasteiger partial charge in [-0.05, 0) is 40.5 Å². The Bertz CT molecular complexity index is 1490. The number of tetrazole rings is 1. The molecule has 9 heteroatoms.